The van der Waals surface area contributed by atoms with Crippen LogP contribution in [0.5, 0.6) is 0 Å². The SMILES string of the molecule is O=C=CC(=O)S. The largest absolute Gasteiger partial charge is 0.282 e. The molecule has 0 aromatic carbocycles. The van der Waals surface area contributed by atoms with Crippen molar-refractivity contribution >= 4 is 23.7 Å². The molecule has 0 N–H and O–H groups in total. The Morgan fingerprint density at radius 1 is 1.83 bits per heavy atom. The minimum Gasteiger partial charge on any atom is -0.282 e. The summed E-state index contributed by atoms with van der Waals surface area (Å²) in [6.45, 7) is 0. The molecule has 0 unspecified atom stereocenters. The first-order chi connectivity index (χ1) is 2.77. The molecule has 0 heterocycles. The van der Waals surface area contributed by atoms with E-state index >= 15 is 0 Å². The van der Waals surface area contributed by atoms with Crippen molar-refractivity contribution in [2.45, 2.75) is 0 Å². The molecule has 0 radical (unpaired) electrons. The predicted octanol–water partition coefficient (Wildman–Crippen LogP) is -0.169. The molecule has 0 saturated carbocycles. The van der Waals surface area contributed by atoms with Crippen molar-refractivity contribution in [3.63, 3.8) is 0 Å². The van der Waals surface area contributed by atoms with Crippen LogP contribution in [0.25, 0.3) is 0 Å². The Kier molecular flexibility index (Phi) is 2.46. The van der Waals surface area contributed by atoms with Gasteiger partial charge in [-0.3, -0.25) is 4.79 Å². The molecule has 6 heavy (non-hydrogen) atoms. The van der Waals surface area contributed by atoms with Gasteiger partial charge in [0.1, 0.15) is 5.94 Å². The number of hydrogen-bond acceptors (Lipinski definition) is 2. The average molecular weight is 102 g/mol. The second-order valence-corrected chi connectivity index (χ2v) is 1.04. The van der Waals surface area contributed by atoms with Crippen molar-refractivity contribution < 1.29 is 9.59 Å². The van der Waals surface area contributed by atoms with Gasteiger partial charge in [0.25, 0.3) is 0 Å². The van der Waals surface area contributed by atoms with E-state index in [-0.39, 0.29) is 0 Å². The lowest BCUT2D eigenvalue weighted by Gasteiger charge is -1.60. The number of carbonyl (C=O) groups excluding carboxylic acids is 2. The second kappa shape index (κ2) is 2.69. The van der Waals surface area contributed by atoms with E-state index in [2.05, 4.69) is 12.6 Å². The van der Waals surface area contributed by atoms with Crippen molar-refractivity contribution in [3.05, 3.63) is 6.08 Å². The first kappa shape index (κ1) is 5.47. The third-order valence-electron chi connectivity index (χ3n) is 0.182. The van der Waals surface area contributed by atoms with E-state index in [1.54, 1.807) is 0 Å². The van der Waals surface area contributed by atoms with E-state index in [0.29, 0.717) is 6.08 Å². The van der Waals surface area contributed by atoms with E-state index < -0.39 is 5.12 Å². The Bertz CT molecular complexity index is 101. The molecule has 0 aromatic heterocycles. The molecule has 0 aliphatic carbocycles. The molecule has 2 nitrogen and oxygen atoms in total. The third kappa shape index (κ3) is 3.47. The number of rotatable bonds is 1. The summed E-state index contributed by atoms with van der Waals surface area (Å²) in [5.41, 5.74) is 0. The summed E-state index contributed by atoms with van der Waals surface area (Å²) in [6, 6.07) is 0. The van der Waals surface area contributed by atoms with Gasteiger partial charge in [-0.1, -0.05) is 0 Å². The lowest BCUT2D eigenvalue weighted by molar-refractivity contribution is -0.106. The second-order valence-electron chi connectivity index (χ2n) is 0.600. The molecule has 3 heteroatoms. The standard InChI is InChI=1S/C3H2O2S/c4-2-1-3(5)6/h1H,(H,5,6). The molecule has 0 fully saturated rings. The fraction of sp³-hybridized carbons (Fsp3) is 0. The zero-order valence-electron chi connectivity index (χ0n) is 2.84. The fourth-order valence-corrected chi connectivity index (χ4v) is 0.103. The van der Waals surface area contributed by atoms with Crippen LogP contribution < -0.4 is 0 Å². The van der Waals surface area contributed by atoms with Crippen LogP contribution in [0, 0.1) is 0 Å². The highest BCUT2D eigenvalue weighted by atomic mass is 32.1. The molecular formula is C3H2O2S. The fourth-order valence-electron chi connectivity index (χ4n) is 0.0504. The zero-order chi connectivity index (χ0) is 4.99. The molecule has 0 saturated heterocycles. The van der Waals surface area contributed by atoms with Gasteiger partial charge < -0.3 is 0 Å². The van der Waals surface area contributed by atoms with Crippen LogP contribution in [-0.4, -0.2) is 11.1 Å². The van der Waals surface area contributed by atoms with E-state index in [0.717, 1.165) is 0 Å². The highest BCUT2D eigenvalue weighted by Crippen LogP contribution is 1.72. The van der Waals surface area contributed by atoms with Crippen molar-refractivity contribution in [3.8, 4) is 0 Å². The lowest BCUT2D eigenvalue weighted by Crippen LogP contribution is -1.72. The van der Waals surface area contributed by atoms with Gasteiger partial charge in [-0.2, -0.15) is 0 Å². The van der Waals surface area contributed by atoms with Crippen LogP contribution in [0.1, 0.15) is 0 Å². The molecule has 0 amide bonds. The Labute approximate surface area is 40.3 Å². The lowest BCUT2D eigenvalue weighted by atomic mass is 10.7. The minimum absolute atomic E-state index is 0.565. The average Bonchev–Trinajstić information content (AvgIpc) is 1.35. The number of thiol groups is 1. The van der Waals surface area contributed by atoms with Crippen LogP contribution in [0.15, 0.2) is 6.08 Å². The first-order valence-electron chi connectivity index (χ1n) is 1.21. The number of hydrogen-bond donors (Lipinski definition) is 1. The topological polar surface area (TPSA) is 34.1 Å². The molecule has 0 aliphatic heterocycles. The van der Waals surface area contributed by atoms with E-state index in [4.69, 9.17) is 4.79 Å². The van der Waals surface area contributed by atoms with Crippen LogP contribution >= 0.6 is 12.6 Å². The van der Waals surface area contributed by atoms with Gasteiger partial charge in [-0.25, -0.2) is 4.79 Å². The smallest absolute Gasteiger partial charge is 0.220 e. The van der Waals surface area contributed by atoms with Gasteiger partial charge in [-0.15, -0.1) is 12.6 Å². The molecule has 0 aromatic rings. The highest BCUT2D eigenvalue weighted by Gasteiger charge is 1.76. The summed E-state index contributed by atoms with van der Waals surface area (Å²) >= 11 is 3.22. The molecule has 0 spiro atoms. The Balaban J connectivity index is 3.60. The Morgan fingerprint density at radius 2 is 2.33 bits per heavy atom. The summed E-state index contributed by atoms with van der Waals surface area (Å²) in [5.74, 6) is 1.27. The van der Waals surface area contributed by atoms with Gasteiger partial charge in [-0.05, 0) is 0 Å². The van der Waals surface area contributed by atoms with Crippen LogP contribution in [0.3, 0.4) is 0 Å². The van der Waals surface area contributed by atoms with Crippen molar-refractivity contribution in [1.29, 1.82) is 0 Å². The maximum Gasteiger partial charge on any atom is 0.220 e. The summed E-state index contributed by atoms with van der Waals surface area (Å²) in [4.78, 5) is 18.8. The van der Waals surface area contributed by atoms with Gasteiger partial charge in [0, 0.05) is 0 Å². The van der Waals surface area contributed by atoms with Crippen LogP contribution in [0.2, 0.25) is 0 Å². The molecule has 0 bridgehead atoms. The molecule has 0 aliphatic rings. The predicted molar refractivity (Wildman–Crippen MR) is 24.3 cm³/mol. The summed E-state index contributed by atoms with van der Waals surface area (Å²) < 4.78 is 0. The van der Waals surface area contributed by atoms with Gasteiger partial charge in [0.05, 0.1) is 6.08 Å². The molecule has 0 atom stereocenters. The van der Waals surface area contributed by atoms with Gasteiger partial charge >= 0.3 is 0 Å². The monoisotopic (exact) mass is 102 g/mol. The third-order valence-corrected chi connectivity index (χ3v) is 0.312. The van der Waals surface area contributed by atoms with E-state index in [9.17, 15) is 4.79 Å². The summed E-state index contributed by atoms with van der Waals surface area (Å²) in [7, 11) is 0. The van der Waals surface area contributed by atoms with Crippen molar-refractivity contribution in [2.24, 2.45) is 0 Å². The van der Waals surface area contributed by atoms with Crippen LogP contribution in [0.4, 0.5) is 0 Å². The van der Waals surface area contributed by atoms with E-state index in [1.165, 1.54) is 5.94 Å². The maximum atomic E-state index is 9.59. The zero-order valence-corrected chi connectivity index (χ0v) is 3.74. The number of carbonyl (C=O) groups is 1. The quantitative estimate of drug-likeness (QED) is 0.283. The Hall–Kier alpha value is -0.530. The van der Waals surface area contributed by atoms with Gasteiger partial charge in [0.2, 0.25) is 5.12 Å². The maximum absolute atomic E-state index is 9.59. The van der Waals surface area contributed by atoms with Gasteiger partial charge in [0.15, 0.2) is 0 Å². The summed E-state index contributed by atoms with van der Waals surface area (Å²) in [6.07, 6.45) is 0.711. The molecule has 32 valence electrons. The normalized spacial score (nSPS) is 6.17. The molecular weight excluding hydrogens is 100 g/mol. The first-order valence-corrected chi connectivity index (χ1v) is 1.66. The Morgan fingerprint density at radius 3 is 2.33 bits per heavy atom. The van der Waals surface area contributed by atoms with Crippen LogP contribution in [-0.2, 0) is 9.59 Å². The minimum atomic E-state index is -0.565. The van der Waals surface area contributed by atoms with Crippen molar-refractivity contribution in [1.82, 2.24) is 0 Å². The summed E-state index contributed by atoms with van der Waals surface area (Å²) in [5, 5.41) is -0.565. The molecule has 0 rings (SSSR count). The van der Waals surface area contributed by atoms with Crippen molar-refractivity contribution in [2.75, 3.05) is 0 Å². The highest BCUT2D eigenvalue weighted by molar-refractivity contribution is 7.97. The van der Waals surface area contributed by atoms with E-state index in [1.807, 2.05) is 0 Å².